The fourth-order valence-electron chi connectivity index (χ4n) is 3.04. The summed E-state index contributed by atoms with van der Waals surface area (Å²) in [5.74, 6) is -6.38. The summed E-state index contributed by atoms with van der Waals surface area (Å²) in [6.45, 7) is 1.99. The highest BCUT2D eigenvalue weighted by Crippen LogP contribution is 2.45. The number of fused-ring (bicyclic) bond motifs is 1. The predicted molar refractivity (Wildman–Crippen MR) is 78.2 cm³/mol. The molecule has 114 valence electrons. The molecule has 1 unspecified atom stereocenters. The molecule has 2 aromatic carbocycles. The minimum Gasteiger partial charge on any atom is -0.204 e. The SMILES string of the molecule is CCCC1C(c2cc(F)c(F)c(F)c2F)=Cc2ccccc21. The maximum atomic E-state index is 14.1. The predicted octanol–water partition coefficient (Wildman–Crippen LogP) is 5.68. The van der Waals surface area contributed by atoms with Crippen molar-refractivity contribution in [2.45, 2.75) is 25.7 Å². The Morgan fingerprint density at radius 1 is 0.955 bits per heavy atom. The van der Waals surface area contributed by atoms with Gasteiger partial charge < -0.3 is 0 Å². The van der Waals surface area contributed by atoms with E-state index in [4.69, 9.17) is 0 Å². The Hall–Kier alpha value is -2.10. The first-order valence-corrected chi connectivity index (χ1v) is 7.18. The Bertz CT molecular complexity index is 762. The quantitative estimate of drug-likeness (QED) is 0.389. The number of rotatable bonds is 3. The molecule has 0 aliphatic heterocycles. The van der Waals surface area contributed by atoms with Crippen LogP contribution in [0.4, 0.5) is 17.6 Å². The molecule has 0 spiro atoms. The minimum absolute atomic E-state index is 0.139. The molecule has 0 heterocycles. The molecular weight excluding hydrogens is 292 g/mol. The highest BCUT2D eigenvalue weighted by atomic mass is 19.2. The molecule has 2 aromatic rings. The van der Waals surface area contributed by atoms with Gasteiger partial charge in [0, 0.05) is 11.5 Å². The van der Waals surface area contributed by atoms with Gasteiger partial charge in [-0.1, -0.05) is 43.7 Å². The van der Waals surface area contributed by atoms with Gasteiger partial charge in [-0.2, -0.15) is 0 Å². The van der Waals surface area contributed by atoms with Crippen molar-refractivity contribution in [1.82, 2.24) is 0 Å². The van der Waals surface area contributed by atoms with Gasteiger partial charge in [-0.25, -0.2) is 17.6 Å². The maximum absolute atomic E-state index is 14.1. The van der Waals surface area contributed by atoms with Crippen LogP contribution in [0.5, 0.6) is 0 Å². The van der Waals surface area contributed by atoms with Crippen molar-refractivity contribution in [3.63, 3.8) is 0 Å². The normalized spacial score (nSPS) is 16.6. The smallest absolute Gasteiger partial charge is 0.198 e. The molecule has 0 fully saturated rings. The van der Waals surface area contributed by atoms with Crippen molar-refractivity contribution < 1.29 is 17.6 Å². The van der Waals surface area contributed by atoms with Crippen molar-refractivity contribution in [3.8, 4) is 0 Å². The largest absolute Gasteiger partial charge is 0.204 e. The summed E-state index contributed by atoms with van der Waals surface area (Å²) in [6, 6.07) is 8.27. The molecule has 0 N–H and O–H groups in total. The van der Waals surface area contributed by atoms with E-state index in [-0.39, 0.29) is 11.5 Å². The summed E-state index contributed by atoms with van der Waals surface area (Å²) in [6.07, 6.45) is 3.29. The second-order valence-corrected chi connectivity index (χ2v) is 5.42. The fraction of sp³-hybridized carbons (Fsp3) is 0.222. The Morgan fingerprint density at radius 2 is 1.68 bits per heavy atom. The average Bonchev–Trinajstić information content (AvgIpc) is 2.88. The number of halogens is 4. The highest BCUT2D eigenvalue weighted by molar-refractivity contribution is 5.91. The van der Waals surface area contributed by atoms with Crippen LogP contribution in [-0.2, 0) is 0 Å². The molecule has 1 atom stereocenters. The first-order valence-electron chi connectivity index (χ1n) is 7.18. The zero-order chi connectivity index (χ0) is 15.9. The summed E-state index contributed by atoms with van der Waals surface area (Å²) in [7, 11) is 0. The van der Waals surface area contributed by atoms with E-state index in [1.165, 1.54) is 0 Å². The van der Waals surface area contributed by atoms with Crippen LogP contribution in [0.3, 0.4) is 0 Å². The summed E-state index contributed by atoms with van der Waals surface area (Å²) in [5, 5.41) is 0. The van der Waals surface area contributed by atoms with Gasteiger partial charge in [0.2, 0.25) is 0 Å². The number of hydrogen-bond acceptors (Lipinski definition) is 0. The number of hydrogen-bond donors (Lipinski definition) is 0. The fourth-order valence-corrected chi connectivity index (χ4v) is 3.04. The van der Waals surface area contributed by atoms with Gasteiger partial charge in [-0.15, -0.1) is 0 Å². The zero-order valence-electron chi connectivity index (χ0n) is 12.0. The highest BCUT2D eigenvalue weighted by Gasteiger charge is 2.29. The Labute approximate surface area is 126 Å². The van der Waals surface area contributed by atoms with Crippen molar-refractivity contribution in [3.05, 3.63) is 70.3 Å². The molecule has 1 aliphatic carbocycles. The van der Waals surface area contributed by atoms with Gasteiger partial charge in [0.1, 0.15) is 0 Å². The summed E-state index contributed by atoms with van der Waals surface area (Å²) >= 11 is 0. The molecular formula is C18H14F4. The molecule has 0 nitrogen and oxygen atoms in total. The first kappa shape index (κ1) is 14.8. The summed E-state index contributed by atoms with van der Waals surface area (Å²) < 4.78 is 54.3. The second kappa shape index (κ2) is 5.59. The lowest BCUT2D eigenvalue weighted by Crippen LogP contribution is -2.05. The molecule has 4 heteroatoms. The Morgan fingerprint density at radius 3 is 2.41 bits per heavy atom. The van der Waals surface area contributed by atoms with Crippen LogP contribution in [0.2, 0.25) is 0 Å². The second-order valence-electron chi connectivity index (χ2n) is 5.42. The van der Waals surface area contributed by atoms with Crippen molar-refractivity contribution in [1.29, 1.82) is 0 Å². The van der Waals surface area contributed by atoms with Gasteiger partial charge in [0.25, 0.3) is 0 Å². The zero-order valence-corrected chi connectivity index (χ0v) is 12.0. The van der Waals surface area contributed by atoms with Crippen molar-refractivity contribution in [2.24, 2.45) is 0 Å². The summed E-state index contributed by atoms with van der Waals surface area (Å²) in [5.41, 5.74) is 2.20. The lowest BCUT2D eigenvalue weighted by Gasteiger charge is -2.17. The van der Waals surface area contributed by atoms with Gasteiger partial charge in [-0.05, 0) is 29.2 Å². The molecule has 1 aliphatic rings. The van der Waals surface area contributed by atoms with Crippen LogP contribution in [0.25, 0.3) is 11.6 Å². The van der Waals surface area contributed by atoms with Crippen LogP contribution >= 0.6 is 0 Å². The summed E-state index contributed by atoms with van der Waals surface area (Å²) in [4.78, 5) is 0. The molecule has 0 saturated carbocycles. The van der Waals surface area contributed by atoms with Crippen molar-refractivity contribution in [2.75, 3.05) is 0 Å². The third-order valence-electron chi connectivity index (χ3n) is 4.05. The van der Waals surface area contributed by atoms with E-state index in [1.807, 2.05) is 31.2 Å². The van der Waals surface area contributed by atoms with E-state index in [1.54, 1.807) is 6.08 Å². The monoisotopic (exact) mass is 306 g/mol. The van der Waals surface area contributed by atoms with E-state index in [0.717, 1.165) is 30.0 Å². The molecule has 0 radical (unpaired) electrons. The third kappa shape index (κ3) is 2.23. The standard InChI is InChI=1S/C18H14F4/c1-2-5-12-11-7-4-3-6-10(11)8-13(12)14-9-15(19)17(21)18(22)16(14)20/h3-4,6-9,12H,2,5H2,1H3. The van der Waals surface area contributed by atoms with E-state index in [9.17, 15) is 17.6 Å². The third-order valence-corrected chi connectivity index (χ3v) is 4.05. The molecule has 0 saturated heterocycles. The van der Waals surface area contributed by atoms with Crippen LogP contribution in [0.1, 0.15) is 42.4 Å². The van der Waals surface area contributed by atoms with Gasteiger partial charge in [-0.3, -0.25) is 0 Å². The minimum atomic E-state index is -1.77. The molecule has 3 rings (SSSR count). The topological polar surface area (TPSA) is 0 Å². The number of allylic oxidation sites excluding steroid dienone is 1. The van der Waals surface area contributed by atoms with Crippen molar-refractivity contribution >= 4 is 11.6 Å². The van der Waals surface area contributed by atoms with Crippen LogP contribution < -0.4 is 0 Å². The van der Waals surface area contributed by atoms with Crippen LogP contribution in [0, 0.1) is 23.3 Å². The van der Waals surface area contributed by atoms with E-state index in [0.29, 0.717) is 5.57 Å². The van der Waals surface area contributed by atoms with Gasteiger partial charge in [0.15, 0.2) is 23.3 Å². The Balaban J connectivity index is 2.17. The van der Waals surface area contributed by atoms with E-state index < -0.39 is 23.3 Å². The van der Waals surface area contributed by atoms with E-state index in [2.05, 4.69) is 0 Å². The average molecular weight is 306 g/mol. The lowest BCUT2D eigenvalue weighted by molar-refractivity contribution is 0.407. The van der Waals surface area contributed by atoms with Crippen LogP contribution in [0.15, 0.2) is 30.3 Å². The van der Waals surface area contributed by atoms with Gasteiger partial charge in [0.05, 0.1) is 0 Å². The molecule has 0 bridgehead atoms. The molecule has 22 heavy (non-hydrogen) atoms. The Kier molecular flexibility index (Phi) is 3.77. The first-order chi connectivity index (χ1) is 10.5. The van der Waals surface area contributed by atoms with E-state index >= 15 is 0 Å². The maximum Gasteiger partial charge on any atom is 0.198 e. The number of benzene rings is 2. The molecule has 0 amide bonds. The molecule has 0 aromatic heterocycles. The van der Waals surface area contributed by atoms with Crippen LogP contribution in [-0.4, -0.2) is 0 Å². The lowest BCUT2D eigenvalue weighted by atomic mass is 9.87. The van der Waals surface area contributed by atoms with Gasteiger partial charge >= 0.3 is 0 Å².